The van der Waals surface area contributed by atoms with Gasteiger partial charge in [-0.15, -0.1) is 0 Å². The average Bonchev–Trinajstić information content (AvgIpc) is 3.29. The number of nitrogens with zero attached hydrogens (tertiary/aromatic N) is 1. The Morgan fingerprint density at radius 1 is 1.19 bits per heavy atom. The van der Waals surface area contributed by atoms with Crippen LogP contribution in [0.4, 0.5) is 0 Å². The van der Waals surface area contributed by atoms with Crippen molar-refractivity contribution in [3.63, 3.8) is 0 Å². The van der Waals surface area contributed by atoms with Gasteiger partial charge in [0.1, 0.15) is 5.75 Å². The molecule has 1 aliphatic carbocycles. The molecule has 1 fully saturated rings. The van der Waals surface area contributed by atoms with E-state index in [1.165, 1.54) is 11.8 Å². The molecule has 0 radical (unpaired) electrons. The highest BCUT2D eigenvalue weighted by molar-refractivity contribution is 5.85. The standard InChI is InChI=1S/C17H16N2O2/c20-14-8-4-5-12(9-14)11-18-19-17(21)16-10-15(16)13-6-2-1-3-7-13/h1-9,11,15-16,20H,10H2,(H,19,21)/b18-11-/t15-,16+/m1/s1. The number of benzene rings is 2. The fourth-order valence-electron chi connectivity index (χ4n) is 2.41. The van der Waals surface area contributed by atoms with Gasteiger partial charge in [0, 0.05) is 5.92 Å². The minimum absolute atomic E-state index is 0.00808. The predicted octanol–water partition coefficient (Wildman–Crippen LogP) is 2.65. The molecule has 2 atom stereocenters. The highest BCUT2D eigenvalue weighted by atomic mass is 16.3. The normalized spacial score (nSPS) is 20.4. The molecule has 2 aromatic rings. The first-order valence-corrected chi connectivity index (χ1v) is 6.91. The van der Waals surface area contributed by atoms with E-state index in [4.69, 9.17) is 0 Å². The number of phenolic OH excluding ortho intramolecular Hbond substituents is 1. The molecule has 0 bridgehead atoms. The topological polar surface area (TPSA) is 61.7 Å². The van der Waals surface area contributed by atoms with Gasteiger partial charge in [-0.05, 0) is 35.6 Å². The van der Waals surface area contributed by atoms with E-state index in [1.807, 2.05) is 30.3 Å². The van der Waals surface area contributed by atoms with Crippen molar-refractivity contribution in [2.45, 2.75) is 12.3 Å². The van der Waals surface area contributed by atoms with Crippen molar-refractivity contribution in [2.75, 3.05) is 0 Å². The van der Waals surface area contributed by atoms with E-state index in [-0.39, 0.29) is 17.6 Å². The summed E-state index contributed by atoms with van der Waals surface area (Å²) in [7, 11) is 0. The number of rotatable bonds is 4. The molecule has 1 amide bonds. The van der Waals surface area contributed by atoms with Crippen LogP contribution in [0.1, 0.15) is 23.5 Å². The third kappa shape index (κ3) is 3.28. The minimum Gasteiger partial charge on any atom is -0.508 e. The van der Waals surface area contributed by atoms with Crippen molar-refractivity contribution in [1.82, 2.24) is 5.43 Å². The second kappa shape index (κ2) is 5.79. The smallest absolute Gasteiger partial charge is 0.243 e. The van der Waals surface area contributed by atoms with Crippen molar-refractivity contribution in [3.05, 3.63) is 65.7 Å². The van der Waals surface area contributed by atoms with Crippen molar-refractivity contribution >= 4 is 12.1 Å². The van der Waals surface area contributed by atoms with Gasteiger partial charge in [0.15, 0.2) is 0 Å². The maximum atomic E-state index is 12.0. The van der Waals surface area contributed by atoms with Gasteiger partial charge in [0.25, 0.3) is 0 Å². The summed E-state index contributed by atoms with van der Waals surface area (Å²) < 4.78 is 0. The third-order valence-electron chi connectivity index (χ3n) is 3.61. The molecule has 3 rings (SSSR count). The Bertz CT molecular complexity index is 668. The van der Waals surface area contributed by atoms with Crippen LogP contribution in [0.3, 0.4) is 0 Å². The molecule has 1 aliphatic rings. The molecule has 4 heteroatoms. The molecule has 0 heterocycles. The molecule has 4 nitrogen and oxygen atoms in total. The van der Waals surface area contributed by atoms with E-state index in [1.54, 1.807) is 24.3 Å². The fourth-order valence-corrected chi connectivity index (χ4v) is 2.41. The van der Waals surface area contributed by atoms with Crippen molar-refractivity contribution in [1.29, 1.82) is 0 Å². The van der Waals surface area contributed by atoms with E-state index in [0.29, 0.717) is 5.92 Å². The summed E-state index contributed by atoms with van der Waals surface area (Å²) in [6.07, 6.45) is 2.40. The quantitative estimate of drug-likeness (QED) is 0.668. The van der Waals surface area contributed by atoms with Crippen LogP contribution in [0, 0.1) is 5.92 Å². The largest absolute Gasteiger partial charge is 0.508 e. The van der Waals surface area contributed by atoms with Crippen LogP contribution >= 0.6 is 0 Å². The number of carbonyl (C=O) groups is 1. The monoisotopic (exact) mass is 280 g/mol. The third-order valence-corrected chi connectivity index (χ3v) is 3.61. The molecule has 0 spiro atoms. The second-order valence-electron chi connectivity index (χ2n) is 5.19. The summed E-state index contributed by atoms with van der Waals surface area (Å²) in [5.41, 5.74) is 4.51. The fraction of sp³-hybridized carbons (Fsp3) is 0.176. The first-order chi connectivity index (χ1) is 10.2. The lowest BCUT2D eigenvalue weighted by molar-refractivity contribution is -0.122. The first-order valence-electron chi connectivity index (χ1n) is 6.91. The maximum Gasteiger partial charge on any atom is 0.243 e. The van der Waals surface area contributed by atoms with Crippen LogP contribution in [-0.2, 0) is 4.79 Å². The van der Waals surface area contributed by atoms with Crippen LogP contribution in [-0.4, -0.2) is 17.2 Å². The summed E-state index contributed by atoms with van der Waals surface area (Å²) in [4.78, 5) is 12.0. The van der Waals surface area contributed by atoms with E-state index >= 15 is 0 Å². The lowest BCUT2D eigenvalue weighted by atomic mass is 10.1. The lowest BCUT2D eigenvalue weighted by Crippen LogP contribution is -2.20. The van der Waals surface area contributed by atoms with Gasteiger partial charge in [-0.1, -0.05) is 42.5 Å². The van der Waals surface area contributed by atoms with Gasteiger partial charge in [-0.3, -0.25) is 4.79 Å². The van der Waals surface area contributed by atoms with E-state index < -0.39 is 0 Å². The number of phenols is 1. The van der Waals surface area contributed by atoms with Gasteiger partial charge >= 0.3 is 0 Å². The number of nitrogens with one attached hydrogen (secondary N) is 1. The Kier molecular flexibility index (Phi) is 3.69. The molecule has 0 aliphatic heterocycles. The van der Waals surface area contributed by atoms with Crippen molar-refractivity contribution in [3.8, 4) is 5.75 Å². The maximum absolute atomic E-state index is 12.0. The summed E-state index contributed by atoms with van der Waals surface area (Å²) in [5.74, 6) is 0.438. The Balaban J connectivity index is 1.54. The van der Waals surface area contributed by atoms with E-state index in [2.05, 4.69) is 10.5 Å². The Morgan fingerprint density at radius 2 is 2.00 bits per heavy atom. The SMILES string of the molecule is O=C(N/N=C\c1cccc(O)c1)[C@H]1C[C@@H]1c1ccccc1. The van der Waals surface area contributed by atoms with Crippen LogP contribution in [0.5, 0.6) is 5.75 Å². The number of hydrogen-bond acceptors (Lipinski definition) is 3. The van der Waals surface area contributed by atoms with Gasteiger partial charge in [0.05, 0.1) is 6.21 Å². The Hall–Kier alpha value is -2.62. The molecule has 0 unspecified atom stereocenters. The number of carbonyl (C=O) groups excluding carboxylic acids is 1. The number of hydrogen-bond donors (Lipinski definition) is 2. The highest BCUT2D eigenvalue weighted by Gasteiger charge is 2.43. The molecule has 0 saturated heterocycles. The van der Waals surface area contributed by atoms with Gasteiger partial charge in [-0.2, -0.15) is 5.10 Å². The van der Waals surface area contributed by atoms with E-state index in [0.717, 1.165) is 12.0 Å². The summed E-state index contributed by atoms with van der Waals surface area (Å²) in [5, 5.41) is 13.3. The van der Waals surface area contributed by atoms with Crippen LogP contribution in [0.15, 0.2) is 59.7 Å². The number of amides is 1. The molecule has 21 heavy (non-hydrogen) atoms. The molecule has 2 aromatic carbocycles. The predicted molar refractivity (Wildman–Crippen MR) is 81.1 cm³/mol. The molecule has 0 aromatic heterocycles. The van der Waals surface area contributed by atoms with Gasteiger partial charge in [0.2, 0.25) is 5.91 Å². The minimum atomic E-state index is -0.0553. The lowest BCUT2D eigenvalue weighted by Gasteiger charge is -2.00. The molecular formula is C17H16N2O2. The zero-order valence-corrected chi connectivity index (χ0v) is 11.4. The van der Waals surface area contributed by atoms with Crippen molar-refractivity contribution < 1.29 is 9.90 Å². The van der Waals surface area contributed by atoms with E-state index in [9.17, 15) is 9.90 Å². The Morgan fingerprint density at radius 3 is 2.76 bits per heavy atom. The molecule has 2 N–H and O–H groups in total. The highest BCUT2D eigenvalue weighted by Crippen LogP contribution is 2.47. The van der Waals surface area contributed by atoms with Crippen LogP contribution in [0.2, 0.25) is 0 Å². The zero-order chi connectivity index (χ0) is 14.7. The second-order valence-corrected chi connectivity index (χ2v) is 5.19. The summed E-state index contributed by atoms with van der Waals surface area (Å²) >= 11 is 0. The molecule has 1 saturated carbocycles. The summed E-state index contributed by atoms with van der Waals surface area (Å²) in [6.45, 7) is 0. The molecule has 106 valence electrons. The van der Waals surface area contributed by atoms with Crippen molar-refractivity contribution in [2.24, 2.45) is 11.0 Å². The van der Waals surface area contributed by atoms with Crippen LogP contribution in [0.25, 0.3) is 0 Å². The average molecular weight is 280 g/mol. The molecular weight excluding hydrogens is 264 g/mol. The number of aromatic hydroxyl groups is 1. The van der Waals surface area contributed by atoms with Gasteiger partial charge in [-0.25, -0.2) is 5.43 Å². The first kappa shape index (κ1) is 13.4. The number of hydrazone groups is 1. The van der Waals surface area contributed by atoms with Gasteiger partial charge < -0.3 is 5.11 Å². The summed E-state index contributed by atoms with van der Waals surface area (Å²) in [6, 6.07) is 16.8. The Labute approximate surface area is 123 Å². The zero-order valence-electron chi connectivity index (χ0n) is 11.4. The van der Waals surface area contributed by atoms with Crippen LogP contribution < -0.4 is 5.43 Å².